The number of imidazole rings is 1. The van der Waals surface area contributed by atoms with Crippen LogP contribution >= 0.6 is 0 Å². The molecule has 2 N–H and O–H groups in total. The monoisotopic (exact) mass is 554 g/mol. The molecule has 0 saturated heterocycles. The van der Waals surface area contributed by atoms with Crippen molar-refractivity contribution in [2.45, 2.75) is 95.7 Å². The summed E-state index contributed by atoms with van der Waals surface area (Å²) in [7, 11) is 0. The van der Waals surface area contributed by atoms with E-state index in [1.807, 2.05) is 13.0 Å². The molecule has 3 aliphatic carbocycles. The van der Waals surface area contributed by atoms with E-state index in [0.717, 1.165) is 37.7 Å². The zero-order valence-electron chi connectivity index (χ0n) is 22.7. The molecule has 0 bridgehead atoms. The van der Waals surface area contributed by atoms with Crippen LogP contribution in [0.1, 0.15) is 105 Å². The highest BCUT2D eigenvalue weighted by Gasteiger charge is 2.40. The summed E-state index contributed by atoms with van der Waals surface area (Å²) >= 11 is 0. The van der Waals surface area contributed by atoms with Gasteiger partial charge in [0.25, 0.3) is 5.91 Å². The molecule has 3 aromatic rings. The van der Waals surface area contributed by atoms with Crippen LogP contribution in [0.4, 0.5) is 8.78 Å². The van der Waals surface area contributed by atoms with Crippen molar-refractivity contribution in [3.63, 3.8) is 0 Å². The van der Waals surface area contributed by atoms with Gasteiger partial charge in [0.1, 0.15) is 0 Å². The topological polar surface area (TPSA) is 119 Å². The molecule has 10 nitrogen and oxygen atoms in total. The molecular formula is C28H36F2N8O2. The quantitative estimate of drug-likeness (QED) is 0.363. The average Bonchev–Trinajstić information content (AvgIpc) is 3.84. The van der Waals surface area contributed by atoms with E-state index >= 15 is 0 Å². The normalized spacial score (nSPS) is 20.8. The van der Waals surface area contributed by atoms with E-state index in [9.17, 15) is 18.4 Å². The van der Waals surface area contributed by atoms with Gasteiger partial charge < -0.3 is 10.6 Å². The number of nitrogens with one attached hydrogen (secondary N) is 2. The lowest BCUT2D eigenvalue weighted by atomic mass is 9.81. The first-order chi connectivity index (χ1) is 19.3. The summed E-state index contributed by atoms with van der Waals surface area (Å²) in [6.45, 7) is 2.67. The Bertz CT molecular complexity index is 1370. The minimum absolute atomic E-state index is 0.0224. The Labute approximate surface area is 231 Å². The van der Waals surface area contributed by atoms with Crippen molar-refractivity contribution in [2.24, 2.45) is 17.8 Å². The lowest BCUT2D eigenvalue weighted by Gasteiger charge is -2.33. The zero-order valence-corrected chi connectivity index (χ0v) is 22.7. The van der Waals surface area contributed by atoms with E-state index in [4.69, 9.17) is 4.98 Å². The third-order valence-corrected chi connectivity index (χ3v) is 8.33. The molecule has 3 heterocycles. The molecule has 3 saturated carbocycles. The summed E-state index contributed by atoms with van der Waals surface area (Å²) in [5.74, 6) is -2.33. The van der Waals surface area contributed by atoms with Crippen LogP contribution in [0.15, 0.2) is 24.7 Å². The number of rotatable bonds is 11. The van der Waals surface area contributed by atoms with Gasteiger partial charge in [-0.2, -0.15) is 15.0 Å². The van der Waals surface area contributed by atoms with Gasteiger partial charge in [-0.1, -0.05) is 6.92 Å². The number of carbonyl (C=O) groups is 2. The van der Waals surface area contributed by atoms with Crippen LogP contribution in [0, 0.1) is 17.8 Å². The van der Waals surface area contributed by atoms with E-state index in [1.165, 1.54) is 6.20 Å². The van der Waals surface area contributed by atoms with Crippen molar-refractivity contribution >= 4 is 17.5 Å². The van der Waals surface area contributed by atoms with E-state index < -0.39 is 17.9 Å². The Morgan fingerprint density at radius 1 is 1.02 bits per heavy atom. The molecule has 0 spiro atoms. The van der Waals surface area contributed by atoms with Crippen LogP contribution in [-0.2, 0) is 11.3 Å². The standard InChI is InChI=1S/C28H36F2N8O2/c1-2-3-24(39)34-25(18-6-7-18)20-12-23-33-22(16-37(23)31-13-20)26(19-8-10-28(29,30)11-9-19)35-27(40)21-14-32-38(36-21)15-17-4-5-17/h12-14,16-19,25-26H,2-11,15H2,1H3,(H,34,39)(H,35,40)/t25-,26+/m1/s1. The van der Waals surface area contributed by atoms with Crippen LogP contribution in [0.25, 0.3) is 5.65 Å². The minimum Gasteiger partial charge on any atom is -0.349 e. The van der Waals surface area contributed by atoms with Crippen LogP contribution < -0.4 is 10.6 Å². The third kappa shape index (κ3) is 6.15. The summed E-state index contributed by atoms with van der Waals surface area (Å²) in [5.41, 5.74) is 2.24. The summed E-state index contributed by atoms with van der Waals surface area (Å²) in [6.07, 6.45) is 10.7. The Morgan fingerprint density at radius 2 is 1.77 bits per heavy atom. The summed E-state index contributed by atoms with van der Waals surface area (Å²) in [6, 6.07) is 1.22. The van der Waals surface area contributed by atoms with Crippen molar-refractivity contribution in [2.75, 3.05) is 0 Å². The molecule has 214 valence electrons. The maximum absolute atomic E-state index is 14.0. The second-order valence-electron chi connectivity index (χ2n) is 11.8. The van der Waals surface area contributed by atoms with E-state index in [2.05, 4.69) is 25.9 Å². The van der Waals surface area contributed by atoms with Gasteiger partial charge in [0, 0.05) is 19.3 Å². The largest absolute Gasteiger partial charge is 0.349 e. The second kappa shape index (κ2) is 10.9. The second-order valence-corrected chi connectivity index (χ2v) is 11.8. The van der Waals surface area contributed by atoms with Gasteiger partial charge in [0.2, 0.25) is 11.8 Å². The van der Waals surface area contributed by atoms with Crippen LogP contribution in [0.5, 0.6) is 0 Å². The van der Waals surface area contributed by atoms with Gasteiger partial charge in [-0.3, -0.25) is 9.59 Å². The first-order valence-corrected chi connectivity index (χ1v) is 14.5. The van der Waals surface area contributed by atoms with E-state index in [0.29, 0.717) is 36.1 Å². The van der Waals surface area contributed by atoms with Gasteiger partial charge in [-0.05, 0) is 74.3 Å². The maximum atomic E-state index is 14.0. The van der Waals surface area contributed by atoms with Crippen molar-refractivity contribution in [1.29, 1.82) is 0 Å². The predicted octanol–water partition coefficient (Wildman–Crippen LogP) is 4.39. The molecule has 0 radical (unpaired) electrons. The molecule has 12 heteroatoms. The molecule has 0 aliphatic heterocycles. The van der Waals surface area contributed by atoms with Crippen molar-refractivity contribution < 1.29 is 18.4 Å². The number of hydrogen-bond acceptors (Lipinski definition) is 6. The number of aromatic nitrogens is 6. The molecule has 2 atom stereocenters. The van der Waals surface area contributed by atoms with E-state index in [-0.39, 0.29) is 49.2 Å². The fraction of sp³-hybridized carbons (Fsp3) is 0.643. The molecule has 3 fully saturated rings. The number of alkyl halides is 2. The van der Waals surface area contributed by atoms with Gasteiger partial charge in [0.05, 0.1) is 42.9 Å². The highest BCUT2D eigenvalue weighted by Crippen LogP contribution is 2.43. The van der Waals surface area contributed by atoms with Crippen LogP contribution in [0.2, 0.25) is 0 Å². The summed E-state index contributed by atoms with van der Waals surface area (Å²) in [5, 5.41) is 19.3. The number of hydrogen-bond donors (Lipinski definition) is 2. The molecule has 40 heavy (non-hydrogen) atoms. The third-order valence-electron chi connectivity index (χ3n) is 8.33. The van der Waals surface area contributed by atoms with Crippen molar-refractivity contribution in [3.8, 4) is 0 Å². The lowest BCUT2D eigenvalue weighted by molar-refractivity contribution is -0.122. The Balaban J connectivity index is 1.25. The van der Waals surface area contributed by atoms with Crippen molar-refractivity contribution in [3.05, 3.63) is 41.6 Å². The fourth-order valence-corrected chi connectivity index (χ4v) is 5.67. The molecule has 2 amide bonds. The number of nitrogens with zero attached hydrogens (tertiary/aromatic N) is 6. The van der Waals surface area contributed by atoms with Crippen LogP contribution in [0.3, 0.4) is 0 Å². The highest BCUT2D eigenvalue weighted by atomic mass is 19.3. The Hall–Kier alpha value is -3.44. The first-order valence-electron chi connectivity index (χ1n) is 14.5. The SMILES string of the molecule is CCCC(=O)N[C@@H](c1cnn2cc([C@@H](NC(=O)c3cnn(CC4CC4)n3)C3CCC(F)(F)CC3)nc2c1)C1CC1. The lowest BCUT2D eigenvalue weighted by Crippen LogP contribution is -2.37. The maximum Gasteiger partial charge on any atom is 0.274 e. The van der Waals surface area contributed by atoms with Gasteiger partial charge in [-0.15, -0.1) is 5.10 Å². The number of fused-ring (bicyclic) bond motifs is 1. The molecule has 3 aliphatic rings. The minimum atomic E-state index is -2.69. The molecule has 6 rings (SSSR count). The zero-order chi connectivity index (χ0) is 27.9. The molecule has 3 aromatic heterocycles. The number of carbonyl (C=O) groups excluding carboxylic acids is 2. The predicted molar refractivity (Wildman–Crippen MR) is 141 cm³/mol. The smallest absolute Gasteiger partial charge is 0.274 e. The van der Waals surface area contributed by atoms with Gasteiger partial charge in [-0.25, -0.2) is 18.3 Å². The molecular weight excluding hydrogens is 518 g/mol. The molecule has 0 aromatic carbocycles. The summed E-state index contributed by atoms with van der Waals surface area (Å²) in [4.78, 5) is 32.0. The number of halogens is 2. The average molecular weight is 555 g/mol. The van der Waals surface area contributed by atoms with E-state index in [1.54, 1.807) is 21.7 Å². The fourth-order valence-electron chi connectivity index (χ4n) is 5.67. The summed E-state index contributed by atoms with van der Waals surface area (Å²) < 4.78 is 29.7. The highest BCUT2D eigenvalue weighted by molar-refractivity contribution is 5.92. The van der Waals surface area contributed by atoms with Gasteiger partial charge >= 0.3 is 0 Å². The van der Waals surface area contributed by atoms with Gasteiger partial charge in [0.15, 0.2) is 11.3 Å². The van der Waals surface area contributed by atoms with Crippen molar-refractivity contribution in [1.82, 2.24) is 40.2 Å². The van der Waals surface area contributed by atoms with Crippen LogP contribution in [-0.4, -0.2) is 47.3 Å². The number of amides is 2. The Morgan fingerprint density at radius 3 is 2.48 bits per heavy atom. The first kappa shape index (κ1) is 26.8. The Kier molecular flexibility index (Phi) is 7.26. The molecule has 0 unspecified atom stereocenters.